The summed E-state index contributed by atoms with van der Waals surface area (Å²) >= 11 is 0. The second-order valence-electron chi connectivity index (χ2n) is 4.57. The number of rotatable bonds is 8. The second-order valence-corrected chi connectivity index (χ2v) is 4.57. The van der Waals surface area contributed by atoms with Gasteiger partial charge in [0.15, 0.2) is 0 Å². The van der Waals surface area contributed by atoms with Crippen molar-refractivity contribution in [2.24, 2.45) is 5.73 Å². The van der Waals surface area contributed by atoms with Gasteiger partial charge in [-0.25, -0.2) is 0 Å². The summed E-state index contributed by atoms with van der Waals surface area (Å²) in [6, 6.07) is 0.215. The van der Waals surface area contributed by atoms with Crippen molar-refractivity contribution in [2.75, 3.05) is 26.8 Å². The zero-order valence-corrected chi connectivity index (χ0v) is 11.0. The quantitative estimate of drug-likeness (QED) is 0.629. The summed E-state index contributed by atoms with van der Waals surface area (Å²) in [5.41, 5.74) is 6.33. The van der Waals surface area contributed by atoms with Crippen LogP contribution in [0.3, 0.4) is 0 Å². The van der Waals surface area contributed by atoms with Crippen LogP contribution in [0, 0.1) is 0 Å². The second kappa shape index (κ2) is 7.20. The molecule has 0 aliphatic heterocycles. The standard InChI is InChI=1S/C12H28N2O/c1-6-14(7-2)12(3,4)11(13)9-8-10-15-5/h11H,6-10,13H2,1-5H3. The van der Waals surface area contributed by atoms with Crippen LogP contribution < -0.4 is 5.73 Å². The molecule has 0 bridgehead atoms. The minimum atomic E-state index is 0.0806. The van der Waals surface area contributed by atoms with Crippen LogP contribution in [0.5, 0.6) is 0 Å². The van der Waals surface area contributed by atoms with Gasteiger partial charge in [-0.1, -0.05) is 13.8 Å². The van der Waals surface area contributed by atoms with Crippen molar-refractivity contribution in [3.05, 3.63) is 0 Å². The van der Waals surface area contributed by atoms with E-state index in [0.717, 1.165) is 32.5 Å². The third-order valence-corrected chi connectivity index (χ3v) is 3.35. The molecular formula is C12H28N2O. The molecule has 1 atom stereocenters. The summed E-state index contributed by atoms with van der Waals surface area (Å²) in [6.45, 7) is 11.8. The Morgan fingerprint density at radius 2 is 1.80 bits per heavy atom. The highest BCUT2D eigenvalue weighted by atomic mass is 16.5. The summed E-state index contributed by atoms with van der Waals surface area (Å²) in [6.07, 6.45) is 2.07. The number of ether oxygens (including phenoxy) is 1. The summed E-state index contributed by atoms with van der Waals surface area (Å²) in [7, 11) is 1.74. The first kappa shape index (κ1) is 14.9. The van der Waals surface area contributed by atoms with Gasteiger partial charge >= 0.3 is 0 Å². The van der Waals surface area contributed by atoms with Crippen molar-refractivity contribution < 1.29 is 4.74 Å². The topological polar surface area (TPSA) is 38.5 Å². The molecule has 15 heavy (non-hydrogen) atoms. The molecule has 0 aromatic rings. The number of nitrogens with zero attached hydrogens (tertiary/aromatic N) is 1. The number of hydrogen-bond donors (Lipinski definition) is 1. The monoisotopic (exact) mass is 216 g/mol. The molecule has 0 fully saturated rings. The molecule has 0 spiro atoms. The maximum absolute atomic E-state index is 6.25. The van der Waals surface area contributed by atoms with Crippen molar-refractivity contribution in [2.45, 2.75) is 52.1 Å². The van der Waals surface area contributed by atoms with Gasteiger partial charge in [-0.3, -0.25) is 4.90 Å². The maximum Gasteiger partial charge on any atom is 0.0462 e. The lowest BCUT2D eigenvalue weighted by molar-refractivity contribution is 0.0971. The highest BCUT2D eigenvalue weighted by Crippen LogP contribution is 2.20. The molecule has 0 heterocycles. The van der Waals surface area contributed by atoms with E-state index >= 15 is 0 Å². The molecule has 0 aromatic heterocycles. The normalized spacial score (nSPS) is 14.6. The zero-order chi connectivity index (χ0) is 11.9. The molecule has 1 unspecified atom stereocenters. The number of methoxy groups -OCH3 is 1. The van der Waals surface area contributed by atoms with Crippen LogP contribution in [0.2, 0.25) is 0 Å². The van der Waals surface area contributed by atoms with Crippen LogP contribution in [0.15, 0.2) is 0 Å². The molecule has 0 radical (unpaired) electrons. The fourth-order valence-electron chi connectivity index (χ4n) is 2.07. The van der Waals surface area contributed by atoms with Crippen LogP contribution in [-0.2, 0) is 4.74 Å². The summed E-state index contributed by atoms with van der Waals surface area (Å²) in [5.74, 6) is 0. The van der Waals surface area contributed by atoms with E-state index in [0.29, 0.717) is 0 Å². The van der Waals surface area contributed by atoms with Gasteiger partial charge in [0.1, 0.15) is 0 Å². The van der Waals surface area contributed by atoms with Gasteiger partial charge in [0.25, 0.3) is 0 Å². The van der Waals surface area contributed by atoms with Crippen LogP contribution in [0.4, 0.5) is 0 Å². The fraction of sp³-hybridized carbons (Fsp3) is 1.00. The van der Waals surface area contributed by atoms with Crippen LogP contribution in [0.25, 0.3) is 0 Å². The Morgan fingerprint density at radius 3 is 2.20 bits per heavy atom. The minimum absolute atomic E-state index is 0.0806. The lowest BCUT2D eigenvalue weighted by Gasteiger charge is -2.42. The Morgan fingerprint density at radius 1 is 1.27 bits per heavy atom. The minimum Gasteiger partial charge on any atom is -0.385 e. The van der Waals surface area contributed by atoms with Crippen molar-refractivity contribution >= 4 is 0 Å². The van der Waals surface area contributed by atoms with E-state index < -0.39 is 0 Å². The fourth-order valence-corrected chi connectivity index (χ4v) is 2.07. The van der Waals surface area contributed by atoms with E-state index in [9.17, 15) is 0 Å². The third kappa shape index (κ3) is 4.49. The van der Waals surface area contributed by atoms with Crippen LogP contribution in [-0.4, -0.2) is 43.3 Å². The first-order valence-electron chi connectivity index (χ1n) is 6.00. The number of likely N-dealkylation sites (N-methyl/N-ethyl adjacent to an activating group) is 1. The third-order valence-electron chi connectivity index (χ3n) is 3.35. The van der Waals surface area contributed by atoms with Crippen molar-refractivity contribution in [3.8, 4) is 0 Å². The van der Waals surface area contributed by atoms with Gasteiger partial charge in [-0.2, -0.15) is 0 Å². The molecule has 0 aromatic carbocycles. The molecule has 3 nitrogen and oxygen atoms in total. The smallest absolute Gasteiger partial charge is 0.0462 e. The molecule has 0 saturated carbocycles. The highest BCUT2D eigenvalue weighted by molar-refractivity contribution is 4.90. The van der Waals surface area contributed by atoms with Crippen molar-refractivity contribution in [3.63, 3.8) is 0 Å². The Hall–Kier alpha value is -0.120. The van der Waals surface area contributed by atoms with E-state index in [4.69, 9.17) is 10.5 Å². The van der Waals surface area contributed by atoms with Crippen molar-refractivity contribution in [1.82, 2.24) is 4.90 Å². The van der Waals surface area contributed by atoms with Gasteiger partial charge in [0, 0.05) is 25.3 Å². The van der Waals surface area contributed by atoms with E-state index in [1.807, 2.05) is 0 Å². The molecular weight excluding hydrogens is 188 g/mol. The Labute approximate surface area is 95.0 Å². The molecule has 0 aliphatic carbocycles. The van der Waals surface area contributed by atoms with Gasteiger partial charge in [0.2, 0.25) is 0 Å². The summed E-state index contributed by atoms with van der Waals surface area (Å²) in [5, 5.41) is 0. The predicted molar refractivity (Wildman–Crippen MR) is 66.1 cm³/mol. The van der Waals surface area contributed by atoms with E-state index in [2.05, 4.69) is 32.6 Å². The lowest BCUT2D eigenvalue weighted by atomic mass is 9.89. The molecule has 92 valence electrons. The van der Waals surface area contributed by atoms with E-state index in [-0.39, 0.29) is 11.6 Å². The van der Waals surface area contributed by atoms with E-state index in [1.54, 1.807) is 7.11 Å². The molecule has 0 rings (SSSR count). The average molecular weight is 216 g/mol. The highest BCUT2D eigenvalue weighted by Gasteiger charge is 2.30. The van der Waals surface area contributed by atoms with Gasteiger partial charge in [-0.15, -0.1) is 0 Å². The number of hydrogen-bond acceptors (Lipinski definition) is 3. The van der Waals surface area contributed by atoms with Gasteiger partial charge in [0.05, 0.1) is 0 Å². The first-order valence-corrected chi connectivity index (χ1v) is 6.00. The summed E-state index contributed by atoms with van der Waals surface area (Å²) < 4.78 is 5.05. The number of nitrogens with two attached hydrogens (primary N) is 1. The van der Waals surface area contributed by atoms with Crippen LogP contribution >= 0.6 is 0 Å². The Balaban J connectivity index is 4.16. The maximum atomic E-state index is 6.25. The molecule has 3 heteroatoms. The predicted octanol–water partition coefficient (Wildman–Crippen LogP) is 1.86. The van der Waals surface area contributed by atoms with Crippen molar-refractivity contribution in [1.29, 1.82) is 0 Å². The lowest BCUT2D eigenvalue weighted by Crippen LogP contribution is -2.56. The SMILES string of the molecule is CCN(CC)C(C)(C)C(N)CCCOC. The first-order chi connectivity index (χ1) is 7.00. The largest absolute Gasteiger partial charge is 0.385 e. The Kier molecular flexibility index (Phi) is 7.14. The average Bonchev–Trinajstić information content (AvgIpc) is 2.19. The molecule has 2 N–H and O–H groups in total. The molecule has 0 aliphatic rings. The van der Waals surface area contributed by atoms with Crippen LogP contribution in [0.1, 0.15) is 40.5 Å². The van der Waals surface area contributed by atoms with Gasteiger partial charge in [-0.05, 0) is 39.8 Å². The summed E-state index contributed by atoms with van der Waals surface area (Å²) in [4.78, 5) is 2.42. The van der Waals surface area contributed by atoms with E-state index in [1.165, 1.54) is 0 Å². The van der Waals surface area contributed by atoms with Gasteiger partial charge < -0.3 is 10.5 Å². The zero-order valence-electron chi connectivity index (χ0n) is 11.0. The molecule has 0 amide bonds. The Bertz CT molecular complexity index is 156. The molecule has 0 saturated heterocycles.